The van der Waals surface area contributed by atoms with Crippen molar-refractivity contribution >= 4 is 28.5 Å². The van der Waals surface area contributed by atoms with Gasteiger partial charge in [0.05, 0.1) is 24.8 Å². The lowest BCUT2D eigenvalue weighted by Crippen LogP contribution is -2.15. The van der Waals surface area contributed by atoms with E-state index in [0.717, 1.165) is 16.7 Å². The van der Waals surface area contributed by atoms with E-state index in [1.54, 1.807) is 44.4 Å². The summed E-state index contributed by atoms with van der Waals surface area (Å²) in [5.41, 5.74) is 2.46. The van der Waals surface area contributed by atoms with Gasteiger partial charge < -0.3 is 19.4 Å². The van der Waals surface area contributed by atoms with Crippen molar-refractivity contribution < 1.29 is 19.1 Å². The highest BCUT2D eigenvalue weighted by Gasteiger charge is 2.16. The third-order valence-electron chi connectivity index (χ3n) is 4.15. The van der Waals surface area contributed by atoms with E-state index in [-0.39, 0.29) is 11.9 Å². The molecule has 1 N–H and O–H groups in total. The number of anilines is 1. The van der Waals surface area contributed by atoms with E-state index in [1.807, 2.05) is 29.8 Å². The zero-order valence-corrected chi connectivity index (χ0v) is 14.9. The number of carbonyl (C=O) groups is 2. The number of methoxy groups -OCH3 is 1. The fraction of sp³-hybridized carbons (Fsp3) is 0.200. The van der Waals surface area contributed by atoms with E-state index in [1.165, 1.54) is 0 Å². The summed E-state index contributed by atoms with van der Waals surface area (Å²) in [5.74, 6) is 0.0942. The van der Waals surface area contributed by atoms with Gasteiger partial charge in [0, 0.05) is 18.1 Å². The average Bonchev–Trinajstić information content (AvgIpc) is 2.99. The Morgan fingerprint density at radius 2 is 1.85 bits per heavy atom. The van der Waals surface area contributed by atoms with Gasteiger partial charge >= 0.3 is 5.97 Å². The van der Waals surface area contributed by atoms with E-state index >= 15 is 0 Å². The SMILES string of the molecule is CCOC(=O)c1ccc(NC(=O)c2cc3c(OC)cccc3n2C)cc1. The van der Waals surface area contributed by atoms with Crippen LogP contribution >= 0.6 is 0 Å². The van der Waals surface area contributed by atoms with Crippen LogP contribution in [0.5, 0.6) is 5.75 Å². The van der Waals surface area contributed by atoms with Crippen LogP contribution in [0.25, 0.3) is 10.9 Å². The molecule has 0 spiro atoms. The molecule has 0 aliphatic rings. The maximum atomic E-state index is 12.7. The molecule has 0 fully saturated rings. The molecule has 1 amide bonds. The first-order chi connectivity index (χ1) is 12.5. The second-order valence-corrected chi connectivity index (χ2v) is 5.73. The van der Waals surface area contributed by atoms with Crippen LogP contribution in [0.1, 0.15) is 27.8 Å². The molecule has 0 aliphatic carbocycles. The summed E-state index contributed by atoms with van der Waals surface area (Å²) in [5, 5.41) is 3.72. The summed E-state index contributed by atoms with van der Waals surface area (Å²) in [7, 11) is 3.44. The van der Waals surface area contributed by atoms with Gasteiger partial charge in [-0.3, -0.25) is 4.79 Å². The normalized spacial score (nSPS) is 10.6. The van der Waals surface area contributed by atoms with Crippen molar-refractivity contribution in [2.75, 3.05) is 19.0 Å². The number of amides is 1. The molecule has 0 atom stereocenters. The Hall–Kier alpha value is -3.28. The van der Waals surface area contributed by atoms with Crippen LogP contribution in [0.2, 0.25) is 0 Å². The highest BCUT2D eigenvalue weighted by Crippen LogP contribution is 2.28. The van der Waals surface area contributed by atoms with Gasteiger partial charge in [0.1, 0.15) is 11.4 Å². The van der Waals surface area contributed by atoms with E-state index in [9.17, 15) is 9.59 Å². The van der Waals surface area contributed by atoms with Crippen LogP contribution in [0.3, 0.4) is 0 Å². The van der Waals surface area contributed by atoms with Crippen molar-refractivity contribution in [3.63, 3.8) is 0 Å². The van der Waals surface area contributed by atoms with Gasteiger partial charge in [-0.15, -0.1) is 0 Å². The minimum absolute atomic E-state index is 0.241. The van der Waals surface area contributed by atoms with Crippen LogP contribution in [-0.4, -0.2) is 30.2 Å². The third kappa shape index (κ3) is 3.26. The van der Waals surface area contributed by atoms with Crippen LogP contribution in [0.4, 0.5) is 5.69 Å². The third-order valence-corrected chi connectivity index (χ3v) is 4.15. The largest absolute Gasteiger partial charge is 0.496 e. The number of hydrogen-bond donors (Lipinski definition) is 1. The summed E-state index contributed by atoms with van der Waals surface area (Å²) in [6.07, 6.45) is 0. The molecule has 0 bridgehead atoms. The number of ether oxygens (including phenoxy) is 2. The lowest BCUT2D eigenvalue weighted by molar-refractivity contribution is 0.0526. The second-order valence-electron chi connectivity index (χ2n) is 5.73. The maximum Gasteiger partial charge on any atom is 0.338 e. The number of hydrogen-bond acceptors (Lipinski definition) is 4. The molecule has 26 heavy (non-hydrogen) atoms. The Morgan fingerprint density at radius 3 is 2.50 bits per heavy atom. The Labute approximate surface area is 151 Å². The number of esters is 1. The Morgan fingerprint density at radius 1 is 1.12 bits per heavy atom. The number of fused-ring (bicyclic) bond motifs is 1. The Bertz CT molecular complexity index is 958. The standard InChI is InChI=1S/C20H20N2O4/c1-4-26-20(24)13-8-10-14(11-9-13)21-19(23)17-12-15-16(22(17)2)6-5-7-18(15)25-3/h5-12H,4H2,1-3H3,(H,21,23). The molecule has 3 aromatic rings. The summed E-state index contributed by atoms with van der Waals surface area (Å²) in [6, 6.07) is 14.1. The van der Waals surface area contributed by atoms with E-state index in [0.29, 0.717) is 23.6 Å². The van der Waals surface area contributed by atoms with Crippen molar-refractivity contribution in [2.45, 2.75) is 6.92 Å². The quantitative estimate of drug-likeness (QED) is 0.712. The molecule has 0 aliphatic heterocycles. The number of rotatable bonds is 5. The number of benzene rings is 2. The first-order valence-corrected chi connectivity index (χ1v) is 8.26. The lowest BCUT2D eigenvalue weighted by atomic mass is 10.2. The smallest absolute Gasteiger partial charge is 0.338 e. The summed E-state index contributed by atoms with van der Waals surface area (Å²) in [4.78, 5) is 24.3. The lowest BCUT2D eigenvalue weighted by Gasteiger charge is -2.07. The van der Waals surface area contributed by atoms with Crippen molar-refractivity contribution in [2.24, 2.45) is 7.05 Å². The topological polar surface area (TPSA) is 69.6 Å². The first kappa shape index (κ1) is 17.5. The Kier molecular flexibility index (Phi) is 4.93. The van der Waals surface area contributed by atoms with Gasteiger partial charge in [-0.05, 0) is 49.4 Å². The Balaban J connectivity index is 1.83. The molecule has 1 aromatic heterocycles. The van der Waals surface area contributed by atoms with Crippen molar-refractivity contribution in [3.05, 3.63) is 59.8 Å². The summed E-state index contributed by atoms with van der Waals surface area (Å²) >= 11 is 0. The molecule has 0 radical (unpaired) electrons. The molecule has 2 aromatic carbocycles. The minimum Gasteiger partial charge on any atom is -0.496 e. The van der Waals surface area contributed by atoms with Crippen molar-refractivity contribution in [1.29, 1.82) is 0 Å². The van der Waals surface area contributed by atoms with Gasteiger partial charge in [0.2, 0.25) is 0 Å². The highest BCUT2D eigenvalue weighted by atomic mass is 16.5. The van der Waals surface area contributed by atoms with E-state index in [4.69, 9.17) is 9.47 Å². The summed E-state index contributed by atoms with van der Waals surface area (Å²) < 4.78 is 12.1. The summed E-state index contributed by atoms with van der Waals surface area (Å²) in [6.45, 7) is 2.08. The predicted molar refractivity (Wildman–Crippen MR) is 99.8 cm³/mol. The highest BCUT2D eigenvalue weighted by molar-refractivity contribution is 6.07. The van der Waals surface area contributed by atoms with Crippen LogP contribution < -0.4 is 10.1 Å². The van der Waals surface area contributed by atoms with Crippen LogP contribution in [-0.2, 0) is 11.8 Å². The molecule has 134 valence electrons. The number of carbonyl (C=O) groups excluding carboxylic acids is 2. The molecule has 3 rings (SSSR count). The molecular weight excluding hydrogens is 332 g/mol. The van der Waals surface area contributed by atoms with Crippen LogP contribution in [0, 0.1) is 0 Å². The van der Waals surface area contributed by atoms with E-state index < -0.39 is 0 Å². The molecule has 6 nitrogen and oxygen atoms in total. The monoisotopic (exact) mass is 352 g/mol. The molecular formula is C20H20N2O4. The predicted octanol–water partition coefficient (Wildman–Crippen LogP) is 3.62. The molecule has 0 saturated carbocycles. The van der Waals surface area contributed by atoms with Gasteiger partial charge in [-0.1, -0.05) is 6.07 Å². The molecule has 1 heterocycles. The van der Waals surface area contributed by atoms with Crippen molar-refractivity contribution in [3.8, 4) is 5.75 Å². The molecule has 0 unspecified atom stereocenters. The number of nitrogens with one attached hydrogen (secondary N) is 1. The van der Waals surface area contributed by atoms with Crippen LogP contribution in [0.15, 0.2) is 48.5 Å². The first-order valence-electron chi connectivity index (χ1n) is 8.26. The fourth-order valence-electron chi connectivity index (χ4n) is 2.83. The molecule has 6 heteroatoms. The minimum atomic E-state index is -0.383. The number of nitrogens with zero attached hydrogens (tertiary/aromatic N) is 1. The van der Waals surface area contributed by atoms with Gasteiger partial charge in [0.25, 0.3) is 5.91 Å². The zero-order chi connectivity index (χ0) is 18.7. The molecule has 0 saturated heterocycles. The maximum absolute atomic E-state index is 12.7. The fourth-order valence-corrected chi connectivity index (χ4v) is 2.83. The average molecular weight is 352 g/mol. The number of aryl methyl sites for hydroxylation is 1. The van der Waals surface area contributed by atoms with E-state index in [2.05, 4.69) is 5.32 Å². The second kappa shape index (κ2) is 7.31. The van der Waals surface area contributed by atoms with Gasteiger partial charge in [-0.25, -0.2) is 4.79 Å². The van der Waals surface area contributed by atoms with Crippen molar-refractivity contribution in [1.82, 2.24) is 4.57 Å². The van der Waals surface area contributed by atoms with Gasteiger partial charge in [0.15, 0.2) is 0 Å². The number of aromatic nitrogens is 1. The zero-order valence-electron chi connectivity index (χ0n) is 14.9. The van der Waals surface area contributed by atoms with Gasteiger partial charge in [-0.2, -0.15) is 0 Å².